The van der Waals surface area contributed by atoms with Gasteiger partial charge in [0.05, 0.1) is 6.42 Å². The summed E-state index contributed by atoms with van der Waals surface area (Å²) in [6, 6.07) is 0. The highest BCUT2D eigenvalue weighted by atomic mass is 16.2. The number of Topliss-reactive ketones (excluding diaryl/α,β-unsaturated/α-hetero) is 1. The predicted octanol–water partition coefficient (Wildman–Crippen LogP) is -0.603. The van der Waals surface area contributed by atoms with Gasteiger partial charge in [-0.15, -0.1) is 0 Å². The number of carbonyl (C=O) groups excluding carboxylic acids is 12. The maximum absolute atomic E-state index is 12.3. The van der Waals surface area contributed by atoms with Crippen LogP contribution in [0.15, 0.2) is 24.3 Å². The summed E-state index contributed by atoms with van der Waals surface area (Å²) in [5.41, 5.74) is -0.104. The van der Waals surface area contributed by atoms with Gasteiger partial charge in [0.15, 0.2) is 0 Å². The topological polar surface area (TPSA) is 260 Å². The van der Waals surface area contributed by atoms with Gasteiger partial charge < -0.3 is 35.6 Å². The molecule has 0 spiro atoms. The molecule has 21 heteroatoms. The first kappa shape index (κ1) is 55.9. The van der Waals surface area contributed by atoms with Gasteiger partial charge in [0.25, 0.3) is 23.6 Å². The zero-order valence-corrected chi connectivity index (χ0v) is 40.2. The van der Waals surface area contributed by atoms with E-state index in [1.165, 1.54) is 24.0 Å². The number of amides is 11. The smallest absolute Gasteiger partial charge is 0.254 e. The van der Waals surface area contributed by atoms with Crippen LogP contribution in [0.4, 0.5) is 0 Å². The third-order valence-corrected chi connectivity index (χ3v) is 9.84. The second-order valence-electron chi connectivity index (χ2n) is 20.0. The fourth-order valence-electron chi connectivity index (χ4n) is 6.06. The summed E-state index contributed by atoms with van der Waals surface area (Å²) in [6.07, 6.45) is 4.12. The van der Waals surface area contributed by atoms with Crippen molar-refractivity contribution >= 4 is 70.8 Å². The number of nitrogens with one attached hydrogen (secondary N) is 3. The van der Waals surface area contributed by atoms with E-state index in [2.05, 4.69) is 16.0 Å². The van der Waals surface area contributed by atoms with Gasteiger partial charge in [0.2, 0.25) is 41.4 Å². The molecule has 0 atom stereocenters. The zero-order chi connectivity index (χ0) is 50.2. The predicted molar refractivity (Wildman–Crippen MR) is 240 cm³/mol. The minimum Gasteiger partial charge on any atom is -0.355 e. The Bertz CT molecular complexity index is 1890. The average Bonchev–Trinajstić information content (AvgIpc) is 3.71. The first-order valence-electron chi connectivity index (χ1n) is 21.9. The quantitative estimate of drug-likeness (QED) is 0.155. The summed E-state index contributed by atoms with van der Waals surface area (Å²) in [5.74, 6) is -3.98. The van der Waals surface area contributed by atoms with Gasteiger partial charge in [0, 0.05) is 96.3 Å². The van der Waals surface area contributed by atoms with E-state index < -0.39 is 23.6 Å². The molecule has 0 bridgehead atoms. The molecule has 0 aromatic heterocycles. The normalized spacial score (nSPS) is 16.3. The first-order valence-corrected chi connectivity index (χ1v) is 21.9. The number of imide groups is 2. The van der Waals surface area contributed by atoms with E-state index in [4.69, 9.17) is 0 Å². The number of hydrogen-bond donors (Lipinski definition) is 3. The molecule has 0 unspecified atom stereocenters. The van der Waals surface area contributed by atoms with Crippen molar-refractivity contribution in [3.63, 3.8) is 0 Å². The molecule has 2 saturated heterocycles. The van der Waals surface area contributed by atoms with E-state index in [9.17, 15) is 57.5 Å². The van der Waals surface area contributed by atoms with Crippen molar-refractivity contribution in [2.45, 2.75) is 88.5 Å². The Balaban J connectivity index is 0.000000351. The number of hydrogen-bond acceptors (Lipinski definition) is 12. The van der Waals surface area contributed by atoms with Crippen molar-refractivity contribution in [2.24, 2.45) is 16.2 Å². The molecular weight excluding hydrogens is 859 g/mol. The Morgan fingerprint density at radius 1 is 0.409 bits per heavy atom. The molecule has 4 aliphatic heterocycles. The van der Waals surface area contributed by atoms with Crippen LogP contribution in [0.1, 0.15) is 88.5 Å². The van der Waals surface area contributed by atoms with Crippen molar-refractivity contribution in [1.82, 2.24) is 45.3 Å². The maximum Gasteiger partial charge on any atom is 0.254 e. The van der Waals surface area contributed by atoms with Crippen LogP contribution in [0.2, 0.25) is 0 Å². The number of piperazine rings is 2. The molecule has 0 radical (unpaired) electrons. The largest absolute Gasteiger partial charge is 0.355 e. The third-order valence-electron chi connectivity index (χ3n) is 9.84. The van der Waals surface area contributed by atoms with Crippen LogP contribution in [-0.4, -0.2) is 185 Å². The van der Waals surface area contributed by atoms with E-state index in [0.717, 1.165) is 22.0 Å². The standard InChI is InChI=1S/C18H26N4O5.C16H27N3O4.C11H16N2O3/c1-18(2,3)12-19-13(23)10-16(26)20-6-8-21(9-7-20)17(27)11-22-14(24)4-5-15(22)25;1-12(20)9-14(22)18-5-7-19(8-6-18)15(23)10-13(21)17-11-16(2,3)4;1-11(2,3)7-12-8(14)6-13-9(15)4-5-10(13)16/h4-5H,6-12H2,1-3H3,(H,19,23);5-11H2,1-4H3,(H,17,21);4-5H,6-7H2,1-3H3,(H,12,14). The van der Waals surface area contributed by atoms with Crippen molar-refractivity contribution in [3.8, 4) is 0 Å². The Hall–Kier alpha value is -6.28. The van der Waals surface area contributed by atoms with Gasteiger partial charge in [-0.3, -0.25) is 67.3 Å². The van der Waals surface area contributed by atoms with Gasteiger partial charge in [-0.1, -0.05) is 62.3 Å². The molecule has 2 fully saturated rings. The Kier molecular flexibility index (Phi) is 21.0. The second-order valence-corrected chi connectivity index (χ2v) is 20.0. The van der Waals surface area contributed by atoms with Gasteiger partial charge in [0.1, 0.15) is 31.7 Å². The SMILES string of the molecule is CC(=O)CC(=O)N1CCN(C(=O)CC(=O)NCC(C)(C)C)CC1.CC(C)(C)CNC(=O)CC(=O)N1CCN(C(=O)CN2C(=O)C=CC2=O)CC1.CC(C)(C)CNC(=O)CN1C(=O)C=CC1=O. The van der Waals surface area contributed by atoms with Crippen LogP contribution in [-0.2, 0) is 57.5 Å². The molecule has 0 aliphatic carbocycles. The molecule has 21 nitrogen and oxygen atoms in total. The molecule has 11 amide bonds. The number of carbonyl (C=O) groups is 12. The average molecular weight is 928 g/mol. The molecule has 0 saturated carbocycles. The van der Waals surface area contributed by atoms with E-state index >= 15 is 0 Å². The van der Waals surface area contributed by atoms with Gasteiger partial charge >= 0.3 is 0 Å². The van der Waals surface area contributed by atoms with Crippen molar-refractivity contribution in [3.05, 3.63) is 24.3 Å². The fraction of sp³-hybridized carbons (Fsp3) is 0.644. The Labute approximate surface area is 387 Å². The first-order chi connectivity index (χ1) is 30.4. The summed E-state index contributed by atoms with van der Waals surface area (Å²) in [7, 11) is 0. The lowest BCUT2D eigenvalue weighted by Gasteiger charge is -2.35. The molecule has 3 N–H and O–H groups in total. The Morgan fingerprint density at radius 2 is 0.667 bits per heavy atom. The molecule has 4 heterocycles. The van der Waals surface area contributed by atoms with Crippen LogP contribution in [0, 0.1) is 16.2 Å². The number of nitrogens with zero attached hydrogens (tertiary/aromatic N) is 6. The molecule has 66 heavy (non-hydrogen) atoms. The number of ketones is 1. The van der Waals surface area contributed by atoms with Crippen LogP contribution in [0.5, 0.6) is 0 Å². The number of rotatable bonds is 13. The minimum absolute atomic E-state index is 0.0209. The van der Waals surface area contributed by atoms with E-state index in [1.54, 1.807) is 14.7 Å². The van der Waals surface area contributed by atoms with E-state index in [0.29, 0.717) is 72.0 Å². The van der Waals surface area contributed by atoms with Crippen LogP contribution in [0.25, 0.3) is 0 Å². The monoisotopic (exact) mass is 928 g/mol. The van der Waals surface area contributed by atoms with E-state index in [-0.39, 0.29) is 95.7 Å². The minimum atomic E-state index is -0.497. The van der Waals surface area contributed by atoms with Gasteiger partial charge in [-0.2, -0.15) is 0 Å². The van der Waals surface area contributed by atoms with E-state index in [1.807, 2.05) is 62.3 Å². The molecule has 366 valence electrons. The van der Waals surface area contributed by atoms with Crippen molar-refractivity contribution in [2.75, 3.05) is 85.1 Å². The summed E-state index contributed by atoms with van der Waals surface area (Å²) < 4.78 is 0. The highest BCUT2D eigenvalue weighted by molar-refractivity contribution is 6.15. The van der Waals surface area contributed by atoms with Gasteiger partial charge in [-0.25, -0.2) is 0 Å². The molecular formula is C45H69N9O12. The lowest BCUT2D eigenvalue weighted by Crippen LogP contribution is -2.53. The second kappa shape index (κ2) is 24.9. The van der Waals surface area contributed by atoms with Gasteiger partial charge in [-0.05, 0) is 23.2 Å². The summed E-state index contributed by atoms with van der Waals surface area (Å²) >= 11 is 0. The highest BCUT2D eigenvalue weighted by Gasteiger charge is 2.31. The summed E-state index contributed by atoms with van der Waals surface area (Å²) in [4.78, 5) is 148. The fourth-order valence-corrected chi connectivity index (χ4v) is 6.06. The van der Waals surface area contributed by atoms with Crippen LogP contribution >= 0.6 is 0 Å². The summed E-state index contributed by atoms with van der Waals surface area (Å²) in [5, 5.41) is 8.17. The molecule has 4 aliphatic rings. The van der Waals surface area contributed by atoms with Crippen LogP contribution in [0.3, 0.4) is 0 Å². The lowest BCUT2D eigenvalue weighted by molar-refractivity contribution is -0.146. The van der Waals surface area contributed by atoms with Crippen molar-refractivity contribution in [1.29, 1.82) is 0 Å². The molecule has 0 aromatic rings. The van der Waals surface area contributed by atoms with Crippen LogP contribution < -0.4 is 16.0 Å². The third kappa shape index (κ3) is 21.1. The maximum atomic E-state index is 12.3. The highest BCUT2D eigenvalue weighted by Crippen LogP contribution is 2.14. The summed E-state index contributed by atoms with van der Waals surface area (Å²) in [6.45, 7) is 23.2. The van der Waals surface area contributed by atoms with Crippen molar-refractivity contribution < 1.29 is 57.5 Å². The lowest BCUT2D eigenvalue weighted by atomic mass is 9.97. The zero-order valence-electron chi connectivity index (χ0n) is 40.2. The molecule has 0 aromatic carbocycles. The Morgan fingerprint density at radius 3 is 0.955 bits per heavy atom. The molecule has 4 rings (SSSR count).